The van der Waals surface area contributed by atoms with Gasteiger partial charge in [-0.3, -0.25) is 4.79 Å². The zero-order chi connectivity index (χ0) is 14.9. The summed E-state index contributed by atoms with van der Waals surface area (Å²) < 4.78 is 9.39. The van der Waals surface area contributed by atoms with Gasteiger partial charge in [0.25, 0.3) is 0 Å². The van der Waals surface area contributed by atoms with Gasteiger partial charge in [0, 0.05) is 20.0 Å². The molecule has 0 heterocycles. The molecule has 20 heavy (non-hydrogen) atoms. The van der Waals surface area contributed by atoms with Crippen molar-refractivity contribution in [1.82, 2.24) is 0 Å². The summed E-state index contributed by atoms with van der Waals surface area (Å²) in [6.07, 6.45) is 9.57. The van der Waals surface area contributed by atoms with E-state index in [2.05, 4.69) is 28.4 Å². The van der Waals surface area contributed by atoms with E-state index in [9.17, 15) is 4.79 Å². The molecule has 112 valence electrons. The predicted molar refractivity (Wildman–Crippen MR) is 81.0 cm³/mol. The summed E-state index contributed by atoms with van der Waals surface area (Å²) in [6.45, 7) is 0.449. The average Bonchev–Trinajstić information content (AvgIpc) is 2.47. The quantitative estimate of drug-likeness (QED) is 0.349. The van der Waals surface area contributed by atoms with Crippen LogP contribution in [-0.2, 0) is 14.3 Å². The van der Waals surface area contributed by atoms with Gasteiger partial charge in [0.1, 0.15) is 6.61 Å². The molecule has 0 aromatic rings. The summed E-state index contributed by atoms with van der Waals surface area (Å²) in [4.78, 5) is 10.9. The molecule has 0 fully saturated rings. The highest BCUT2D eigenvalue weighted by molar-refractivity contribution is 5.68. The maximum atomic E-state index is 10.9. The highest BCUT2D eigenvalue weighted by atomic mass is 16.5. The largest absolute Gasteiger partial charge is 0.469 e. The van der Waals surface area contributed by atoms with Crippen molar-refractivity contribution in [2.75, 3.05) is 20.8 Å². The van der Waals surface area contributed by atoms with Crippen LogP contribution in [0.3, 0.4) is 0 Å². The van der Waals surface area contributed by atoms with Gasteiger partial charge in [0.15, 0.2) is 0 Å². The van der Waals surface area contributed by atoms with Crippen LogP contribution >= 0.6 is 0 Å². The molecule has 0 N–H and O–H groups in total. The number of esters is 1. The molecule has 0 bridgehead atoms. The van der Waals surface area contributed by atoms with Crippen molar-refractivity contribution in [2.24, 2.45) is 0 Å². The van der Waals surface area contributed by atoms with E-state index in [4.69, 9.17) is 4.74 Å². The van der Waals surface area contributed by atoms with Gasteiger partial charge >= 0.3 is 5.97 Å². The number of carbonyl (C=O) groups excluding carboxylic acids is 1. The van der Waals surface area contributed by atoms with Gasteiger partial charge in [-0.05, 0) is 24.7 Å². The summed E-state index contributed by atoms with van der Waals surface area (Å²) in [5.41, 5.74) is 0. The summed E-state index contributed by atoms with van der Waals surface area (Å²) in [5.74, 6) is 11.3. The van der Waals surface area contributed by atoms with Crippen LogP contribution in [0.4, 0.5) is 0 Å². The van der Waals surface area contributed by atoms with Crippen LogP contribution in [0.2, 0.25) is 0 Å². The standard InChI is InChI=1S/C17H26O3/c1-19-16-14-12-10-8-6-4-3-5-7-9-11-13-15-17(18)20-2/h3-7,9,11,13,15-16H2,1-2H3. The van der Waals surface area contributed by atoms with E-state index >= 15 is 0 Å². The molecule has 0 spiro atoms. The lowest BCUT2D eigenvalue weighted by molar-refractivity contribution is -0.140. The van der Waals surface area contributed by atoms with Crippen molar-refractivity contribution in [3.05, 3.63) is 0 Å². The monoisotopic (exact) mass is 278 g/mol. The van der Waals surface area contributed by atoms with Crippen molar-refractivity contribution in [2.45, 2.75) is 57.8 Å². The summed E-state index contributed by atoms with van der Waals surface area (Å²) in [5, 5.41) is 0. The molecule has 0 aliphatic rings. The lowest BCUT2D eigenvalue weighted by Crippen LogP contribution is -1.99. The fourth-order valence-corrected chi connectivity index (χ4v) is 1.73. The Kier molecular flexibility index (Phi) is 14.5. The third-order valence-corrected chi connectivity index (χ3v) is 2.87. The van der Waals surface area contributed by atoms with Crippen LogP contribution in [0.15, 0.2) is 0 Å². The Balaban J connectivity index is 3.21. The number of hydrogen-bond acceptors (Lipinski definition) is 3. The van der Waals surface area contributed by atoms with Gasteiger partial charge in [-0.15, -0.1) is 0 Å². The minimum atomic E-state index is -0.0998. The first-order valence-corrected chi connectivity index (χ1v) is 7.32. The van der Waals surface area contributed by atoms with Gasteiger partial charge in [0.05, 0.1) is 7.11 Å². The van der Waals surface area contributed by atoms with Gasteiger partial charge in [-0.2, -0.15) is 0 Å². The Morgan fingerprint density at radius 2 is 1.45 bits per heavy atom. The lowest BCUT2D eigenvalue weighted by Gasteiger charge is -2.00. The number of rotatable bonds is 10. The van der Waals surface area contributed by atoms with Gasteiger partial charge in [-0.25, -0.2) is 0 Å². The number of hydrogen-bond donors (Lipinski definition) is 0. The number of ether oxygens (including phenoxy) is 2. The van der Waals surface area contributed by atoms with Gasteiger partial charge < -0.3 is 9.47 Å². The highest BCUT2D eigenvalue weighted by Gasteiger charge is 1.98. The molecular weight excluding hydrogens is 252 g/mol. The molecule has 0 unspecified atom stereocenters. The molecule has 0 radical (unpaired) electrons. The fourth-order valence-electron chi connectivity index (χ4n) is 1.73. The smallest absolute Gasteiger partial charge is 0.305 e. The average molecular weight is 278 g/mol. The molecule has 0 aliphatic heterocycles. The van der Waals surface area contributed by atoms with Crippen molar-refractivity contribution in [3.8, 4) is 23.7 Å². The zero-order valence-electron chi connectivity index (χ0n) is 12.8. The van der Waals surface area contributed by atoms with E-state index in [1.165, 1.54) is 32.8 Å². The van der Waals surface area contributed by atoms with Crippen molar-refractivity contribution >= 4 is 5.97 Å². The minimum Gasteiger partial charge on any atom is -0.469 e. The fraction of sp³-hybridized carbons (Fsp3) is 0.706. The first-order chi connectivity index (χ1) is 9.81. The van der Waals surface area contributed by atoms with Crippen LogP contribution in [-0.4, -0.2) is 26.8 Å². The second-order valence-corrected chi connectivity index (χ2v) is 4.59. The van der Waals surface area contributed by atoms with E-state index in [1.54, 1.807) is 7.11 Å². The topological polar surface area (TPSA) is 35.5 Å². The Bertz CT molecular complexity index is 352. The molecule has 0 rings (SSSR count). The molecule has 0 saturated heterocycles. The van der Waals surface area contributed by atoms with E-state index in [0.29, 0.717) is 13.0 Å². The molecule has 0 aromatic carbocycles. The Hall–Kier alpha value is -1.45. The first kappa shape index (κ1) is 18.6. The summed E-state index contributed by atoms with van der Waals surface area (Å²) in [6, 6.07) is 0. The third-order valence-electron chi connectivity index (χ3n) is 2.87. The minimum absolute atomic E-state index is 0.0998. The van der Waals surface area contributed by atoms with Crippen molar-refractivity contribution in [1.29, 1.82) is 0 Å². The van der Waals surface area contributed by atoms with Crippen LogP contribution in [0.25, 0.3) is 0 Å². The highest BCUT2D eigenvalue weighted by Crippen LogP contribution is 2.09. The Morgan fingerprint density at radius 3 is 2.10 bits per heavy atom. The van der Waals surface area contributed by atoms with Gasteiger partial charge in [-0.1, -0.05) is 43.9 Å². The van der Waals surface area contributed by atoms with Crippen LogP contribution in [0, 0.1) is 23.7 Å². The maximum absolute atomic E-state index is 10.9. The van der Waals surface area contributed by atoms with E-state index in [-0.39, 0.29) is 5.97 Å². The van der Waals surface area contributed by atoms with Crippen LogP contribution < -0.4 is 0 Å². The number of methoxy groups -OCH3 is 2. The Labute approximate surface area is 123 Å². The van der Waals surface area contributed by atoms with E-state index in [1.807, 2.05) is 0 Å². The summed E-state index contributed by atoms with van der Waals surface area (Å²) in [7, 11) is 3.06. The van der Waals surface area contributed by atoms with Crippen molar-refractivity contribution in [3.63, 3.8) is 0 Å². The lowest BCUT2D eigenvalue weighted by atomic mass is 10.1. The molecule has 0 atom stereocenters. The molecule has 0 saturated carbocycles. The Morgan fingerprint density at radius 1 is 0.850 bits per heavy atom. The number of unbranched alkanes of at least 4 members (excludes halogenated alkanes) is 7. The normalized spacial score (nSPS) is 9.10. The van der Waals surface area contributed by atoms with E-state index in [0.717, 1.165) is 25.7 Å². The van der Waals surface area contributed by atoms with Gasteiger partial charge in [0.2, 0.25) is 0 Å². The molecule has 0 aliphatic carbocycles. The van der Waals surface area contributed by atoms with Crippen molar-refractivity contribution < 1.29 is 14.3 Å². The zero-order valence-corrected chi connectivity index (χ0v) is 12.8. The SMILES string of the molecule is COCC#CC#CCCCCCCCCCC(=O)OC. The second-order valence-electron chi connectivity index (χ2n) is 4.59. The molecular formula is C17H26O3. The maximum Gasteiger partial charge on any atom is 0.305 e. The van der Waals surface area contributed by atoms with E-state index < -0.39 is 0 Å². The molecule has 3 heteroatoms. The first-order valence-electron chi connectivity index (χ1n) is 7.32. The second kappa shape index (κ2) is 15.6. The predicted octanol–water partition coefficient (Wildman–Crippen LogP) is 3.32. The van der Waals surface area contributed by atoms with Crippen LogP contribution in [0.1, 0.15) is 57.8 Å². The molecule has 3 nitrogen and oxygen atoms in total. The number of carbonyl (C=O) groups is 1. The summed E-state index contributed by atoms with van der Waals surface area (Å²) >= 11 is 0. The van der Waals surface area contributed by atoms with Crippen LogP contribution in [0.5, 0.6) is 0 Å². The molecule has 0 amide bonds. The molecule has 0 aromatic heterocycles. The third kappa shape index (κ3) is 14.6.